The Bertz CT molecular complexity index is 780. The molecule has 126 valence electrons. The van der Waals surface area contributed by atoms with E-state index in [0.717, 1.165) is 10.8 Å². The molecule has 1 N–H and O–H groups in total. The lowest BCUT2D eigenvalue weighted by atomic mass is 10.0. The molecule has 24 heavy (non-hydrogen) atoms. The van der Waals surface area contributed by atoms with Crippen LogP contribution in [0, 0.1) is 0 Å². The average Bonchev–Trinajstić information content (AvgIpc) is 2.74. The van der Waals surface area contributed by atoms with E-state index in [-0.39, 0.29) is 18.5 Å². The molecule has 2 aromatic rings. The van der Waals surface area contributed by atoms with Crippen LogP contribution in [0.1, 0.15) is 26.7 Å². The van der Waals surface area contributed by atoms with Gasteiger partial charge in [0.15, 0.2) is 0 Å². The molecule has 3 rings (SSSR count). The predicted molar refractivity (Wildman–Crippen MR) is 93.9 cm³/mol. The van der Waals surface area contributed by atoms with Crippen LogP contribution in [0.25, 0.3) is 10.8 Å². The fraction of sp³-hybridized carbons (Fsp3) is 0.368. The third kappa shape index (κ3) is 2.55. The van der Waals surface area contributed by atoms with Gasteiger partial charge in [-0.3, -0.25) is 4.79 Å². The standard InChI is InChI=1S/C19H22N2O3/c1-19(2)17(23)21(18(24)20(19)12-5-6-13-22)16-11-7-9-14-8-3-4-10-15(14)16/h3-4,7-11,22H,5-6,12-13H2,1-2H3. The number of benzene rings is 2. The van der Waals surface area contributed by atoms with Crippen LogP contribution in [-0.2, 0) is 4.79 Å². The number of aliphatic hydroxyl groups excluding tert-OH is 1. The summed E-state index contributed by atoms with van der Waals surface area (Å²) < 4.78 is 0. The Hall–Kier alpha value is -2.40. The van der Waals surface area contributed by atoms with Crippen molar-refractivity contribution in [1.29, 1.82) is 0 Å². The van der Waals surface area contributed by atoms with Crippen LogP contribution < -0.4 is 4.90 Å². The summed E-state index contributed by atoms with van der Waals surface area (Å²) in [6.07, 6.45) is 1.28. The number of carbonyl (C=O) groups is 2. The molecule has 5 heteroatoms. The number of unbranched alkanes of at least 4 members (excludes halogenated alkanes) is 1. The molecule has 0 atom stereocenters. The van der Waals surface area contributed by atoms with E-state index in [0.29, 0.717) is 25.1 Å². The van der Waals surface area contributed by atoms with E-state index in [9.17, 15) is 9.59 Å². The van der Waals surface area contributed by atoms with Crippen LogP contribution in [-0.4, -0.2) is 40.6 Å². The van der Waals surface area contributed by atoms with Gasteiger partial charge < -0.3 is 10.0 Å². The number of nitrogens with zero attached hydrogens (tertiary/aromatic N) is 2. The Morgan fingerprint density at radius 3 is 2.46 bits per heavy atom. The summed E-state index contributed by atoms with van der Waals surface area (Å²) in [7, 11) is 0. The lowest BCUT2D eigenvalue weighted by Crippen LogP contribution is -2.44. The smallest absolute Gasteiger partial charge is 0.332 e. The molecule has 1 heterocycles. The predicted octanol–water partition coefficient (Wildman–Crippen LogP) is 3.16. The van der Waals surface area contributed by atoms with Crippen molar-refractivity contribution >= 4 is 28.4 Å². The van der Waals surface area contributed by atoms with Crippen molar-refractivity contribution in [2.45, 2.75) is 32.2 Å². The van der Waals surface area contributed by atoms with Crippen LogP contribution in [0.15, 0.2) is 42.5 Å². The van der Waals surface area contributed by atoms with Gasteiger partial charge >= 0.3 is 6.03 Å². The van der Waals surface area contributed by atoms with Gasteiger partial charge in [0.1, 0.15) is 5.54 Å². The Labute approximate surface area is 141 Å². The van der Waals surface area contributed by atoms with E-state index < -0.39 is 5.54 Å². The Kier molecular flexibility index (Phi) is 4.28. The number of hydrogen-bond acceptors (Lipinski definition) is 3. The molecular weight excluding hydrogens is 304 g/mol. The van der Waals surface area contributed by atoms with Gasteiger partial charge in [0.05, 0.1) is 5.69 Å². The highest BCUT2D eigenvalue weighted by Gasteiger charge is 2.51. The van der Waals surface area contributed by atoms with Crippen LogP contribution in [0.3, 0.4) is 0 Å². The lowest BCUT2D eigenvalue weighted by molar-refractivity contribution is -0.123. The Morgan fingerprint density at radius 2 is 1.71 bits per heavy atom. The minimum Gasteiger partial charge on any atom is -0.396 e. The van der Waals surface area contributed by atoms with Gasteiger partial charge in [-0.2, -0.15) is 0 Å². The van der Waals surface area contributed by atoms with E-state index in [1.807, 2.05) is 42.5 Å². The molecule has 0 saturated carbocycles. The molecule has 2 aromatic carbocycles. The fourth-order valence-electron chi connectivity index (χ4n) is 3.21. The summed E-state index contributed by atoms with van der Waals surface area (Å²) in [6, 6.07) is 13.1. The number of hydrogen-bond donors (Lipinski definition) is 1. The summed E-state index contributed by atoms with van der Waals surface area (Å²) in [6.45, 7) is 4.09. The summed E-state index contributed by atoms with van der Waals surface area (Å²) in [5, 5.41) is 10.8. The van der Waals surface area contributed by atoms with Crippen molar-refractivity contribution in [3.8, 4) is 0 Å². The quantitative estimate of drug-likeness (QED) is 0.678. The normalized spacial score (nSPS) is 17.1. The van der Waals surface area contributed by atoms with Crippen LogP contribution >= 0.6 is 0 Å². The zero-order valence-electron chi connectivity index (χ0n) is 14.0. The van der Waals surface area contributed by atoms with Crippen molar-refractivity contribution < 1.29 is 14.7 Å². The number of aliphatic hydroxyl groups is 1. The van der Waals surface area contributed by atoms with E-state index in [1.54, 1.807) is 18.7 Å². The minimum atomic E-state index is -0.885. The van der Waals surface area contributed by atoms with Gasteiger partial charge in [0.25, 0.3) is 5.91 Å². The highest BCUT2D eigenvalue weighted by atomic mass is 16.3. The highest BCUT2D eigenvalue weighted by molar-refractivity contribution is 6.25. The first-order valence-corrected chi connectivity index (χ1v) is 8.23. The van der Waals surface area contributed by atoms with Gasteiger partial charge in [0, 0.05) is 18.5 Å². The zero-order chi connectivity index (χ0) is 17.3. The summed E-state index contributed by atoms with van der Waals surface area (Å²) in [5.74, 6) is -0.215. The van der Waals surface area contributed by atoms with Crippen LogP contribution in [0.5, 0.6) is 0 Å². The first-order chi connectivity index (χ1) is 11.5. The molecule has 0 radical (unpaired) electrons. The van der Waals surface area contributed by atoms with Crippen LogP contribution in [0.2, 0.25) is 0 Å². The van der Waals surface area contributed by atoms with E-state index in [2.05, 4.69) is 0 Å². The molecule has 0 bridgehead atoms. The minimum absolute atomic E-state index is 0.0867. The SMILES string of the molecule is CC1(C)C(=O)N(c2cccc3ccccc23)C(=O)N1CCCCO. The Morgan fingerprint density at radius 1 is 1.00 bits per heavy atom. The molecule has 5 nitrogen and oxygen atoms in total. The Balaban J connectivity index is 2.01. The molecule has 0 spiro atoms. The van der Waals surface area contributed by atoms with E-state index in [1.165, 1.54) is 4.90 Å². The number of carbonyl (C=O) groups excluding carboxylic acids is 2. The maximum absolute atomic E-state index is 12.9. The molecule has 1 aliphatic heterocycles. The lowest BCUT2D eigenvalue weighted by Gasteiger charge is -2.27. The van der Waals surface area contributed by atoms with Gasteiger partial charge in [-0.15, -0.1) is 0 Å². The maximum Gasteiger partial charge on any atom is 0.332 e. The topological polar surface area (TPSA) is 60.9 Å². The molecular formula is C19H22N2O3. The molecule has 1 fully saturated rings. The van der Waals surface area contributed by atoms with Crippen molar-refractivity contribution in [2.75, 3.05) is 18.1 Å². The summed E-state index contributed by atoms with van der Waals surface area (Å²) >= 11 is 0. The van der Waals surface area contributed by atoms with Gasteiger partial charge in [-0.25, -0.2) is 9.69 Å². The third-order valence-corrected chi connectivity index (χ3v) is 4.62. The molecule has 0 aromatic heterocycles. The van der Waals surface area contributed by atoms with Crippen molar-refractivity contribution in [3.05, 3.63) is 42.5 Å². The summed E-state index contributed by atoms with van der Waals surface area (Å²) in [5.41, 5.74) is -0.260. The van der Waals surface area contributed by atoms with Crippen molar-refractivity contribution in [1.82, 2.24) is 4.90 Å². The maximum atomic E-state index is 12.9. The van der Waals surface area contributed by atoms with Gasteiger partial charge in [0.2, 0.25) is 0 Å². The monoisotopic (exact) mass is 326 g/mol. The second-order valence-corrected chi connectivity index (χ2v) is 6.56. The first kappa shape index (κ1) is 16.5. The number of anilines is 1. The number of fused-ring (bicyclic) bond motifs is 1. The average molecular weight is 326 g/mol. The summed E-state index contributed by atoms with van der Waals surface area (Å²) in [4.78, 5) is 28.8. The number of urea groups is 1. The second kappa shape index (κ2) is 6.24. The van der Waals surface area contributed by atoms with E-state index in [4.69, 9.17) is 5.11 Å². The number of imide groups is 1. The number of amides is 3. The van der Waals surface area contributed by atoms with Gasteiger partial charge in [-0.05, 0) is 38.1 Å². The van der Waals surface area contributed by atoms with E-state index >= 15 is 0 Å². The second-order valence-electron chi connectivity index (χ2n) is 6.56. The number of rotatable bonds is 5. The van der Waals surface area contributed by atoms with Crippen molar-refractivity contribution in [3.63, 3.8) is 0 Å². The zero-order valence-corrected chi connectivity index (χ0v) is 14.0. The molecule has 1 aliphatic rings. The molecule has 0 unspecified atom stereocenters. The fourth-order valence-corrected chi connectivity index (χ4v) is 3.21. The van der Waals surface area contributed by atoms with Crippen molar-refractivity contribution in [2.24, 2.45) is 0 Å². The van der Waals surface area contributed by atoms with Gasteiger partial charge in [-0.1, -0.05) is 36.4 Å². The largest absolute Gasteiger partial charge is 0.396 e. The highest BCUT2D eigenvalue weighted by Crippen LogP contribution is 2.35. The first-order valence-electron chi connectivity index (χ1n) is 8.23. The third-order valence-electron chi connectivity index (χ3n) is 4.62. The van der Waals surface area contributed by atoms with Crippen LogP contribution in [0.4, 0.5) is 10.5 Å². The molecule has 1 saturated heterocycles. The molecule has 0 aliphatic carbocycles. The molecule has 3 amide bonds.